The number of rotatable bonds is 1. The minimum absolute atomic E-state index is 0.220. The fraction of sp³-hybridized carbons (Fsp3) is 0. The smallest absolute Gasteiger partial charge is 0.288 e. The molecular formula is C5H2ClIO2. The van der Waals surface area contributed by atoms with E-state index in [2.05, 4.69) is 0 Å². The van der Waals surface area contributed by atoms with Gasteiger partial charge in [0.25, 0.3) is 5.24 Å². The van der Waals surface area contributed by atoms with Gasteiger partial charge in [-0.1, -0.05) is 0 Å². The molecule has 0 saturated carbocycles. The predicted molar refractivity (Wildman–Crippen MR) is 41.6 cm³/mol. The first kappa shape index (κ1) is 7.08. The molecule has 1 aromatic heterocycles. The number of halogens is 2. The number of hydrogen-bond acceptors (Lipinski definition) is 2. The summed E-state index contributed by atoms with van der Waals surface area (Å²) in [7, 11) is 0. The minimum atomic E-state index is -0.551. The molecule has 0 saturated heterocycles. The zero-order valence-electron chi connectivity index (χ0n) is 4.23. The van der Waals surface area contributed by atoms with Crippen LogP contribution in [0.25, 0.3) is 0 Å². The summed E-state index contributed by atoms with van der Waals surface area (Å²) in [5.74, 6) is 0.220. The summed E-state index contributed by atoms with van der Waals surface area (Å²) in [6, 6.07) is 1.68. The highest BCUT2D eigenvalue weighted by molar-refractivity contribution is 14.1. The van der Waals surface area contributed by atoms with Crippen LogP contribution < -0.4 is 0 Å². The van der Waals surface area contributed by atoms with Gasteiger partial charge in [0.1, 0.15) is 0 Å². The maximum Gasteiger partial charge on any atom is 0.288 e. The highest BCUT2D eigenvalue weighted by Crippen LogP contribution is 2.14. The Morgan fingerprint density at radius 1 is 1.78 bits per heavy atom. The van der Waals surface area contributed by atoms with E-state index < -0.39 is 5.24 Å². The molecule has 9 heavy (non-hydrogen) atoms. The van der Waals surface area contributed by atoms with E-state index in [4.69, 9.17) is 16.0 Å². The van der Waals surface area contributed by atoms with E-state index >= 15 is 0 Å². The molecule has 0 radical (unpaired) electrons. The quantitative estimate of drug-likeness (QED) is 0.570. The van der Waals surface area contributed by atoms with E-state index in [0.717, 1.165) is 3.57 Å². The zero-order valence-corrected chi connectivity index (χ0v) is 7.14. The first-order chi connectivity index (χ1) is 4.22. The van der Waals surface area contributed by atoms with Gasteiger partial charge in [0.05, 0.1) is 9.83 Å². The molecule has 0 N–H and O–H groups in total. The van der Waals surface area contributed by atoms with Crippen LogP contribution in [-0.4, -0.2) is 5.24 Å². The first-order valence-electron chi connectivity index (χ1n) is 2.14. The molecule has 0 spiro atoms. The monoisotopic (exact) mass is 256 g/mol. The molecule has 0 fully saturated rings. The summed E-state index contributed by atoms with van der Waals surface area (Å²) >= 11 is 7.08. The lowest BCUT2D eigenvalue weighted by Crippen LogP contribution is -1.85. The number of hydrogen-bond donors (Lipinski definition) is 0. The number of furan rings is 1. The van der Waals surface area contributed by atoms with Crippen molar-refractivity contribution in [2.45, 2.75) is 0 Å². The number of carbonyl (C=O) groups excluding carboxylic acids is 1. The molecule has 0 aliphatic carbocycles. The van der Waals surface area contributed by atoms with Crippen molar-refractivity contribution in [1.29, 1.82) is 0 Å². The second-order valence-electron chi connectivity index (χ2n) is 1.37. The van der Waals surface area contributed by atoms with Crippen LogP contribution in [0.4, 0.5) is 0 Å². The molecule has 0 atom stereocenters. The van der Waals surface area contributed by atoms with E-state index in [1.807, 2.05) is 22.6 Å². The highest BCUT2D eigenvalue weighted by Gasteiger charge is 2.08. The Kier molecular flexibility index (Phi) is 2.13. The van der Waals surface area contributed by atoms with Gasteiger partial charge in [-0.25, -0.2) is 0 Å². The third kappa shape index (κ3) is 1.46. The predicted octanol–water partition coefficient (Wildman–Crippen LogP) is 2.26. The Balaban J connectivity index is 3.08. The fourth-order valence-electron chi connectivity index (χ4n) is 0.434. The Morgan fingerprint density at radius 2 is 2.44 bits per heavy atom. The van der Waals surface area contributed by atoms with Crippen LogP contribution in [0.15, 0.2) is 16.7 Å². The van der Waals surface area contributed by atoms with Crippen molar-refractivity contribution in [2.24, 2.45) is 0 Å². The minimum Gasteiger partial charge on any atom is -0.459 e. The van der Waals surface area contributed by atoms with Crippen molar-refractivity contribution in [3.8, 4) is 0 Å². The van der Waals surface area contributed by atoms with Gasteiger partial charge >= 0.3 is 0 Å². The summed E-state index contributed by atoms with van der Waals surface area (Å²) in [4.78, 5) is 10.4. The van der Waals surface area contributed by atoms with Crippen molar-refractivity contribution < 1.29 is 9.21 Å². The lowest BCUT2D eigenvalue weighted by molar-refractivity contribution is 0.105. The molecule has 48 valence electrons. The van der Waals surface area contributed by atoms with E-state index in [9.17, 15) is 4.79 Å². The molecule has 0 aliphatic rings. The third-order valence-corrected chi connectivity index (χ3v) is 1.82. The van der Waals surface area contributed by atoms with Gasteiger partial charge in [0, 0.05) is 0 Å². The molecule has 4 heteroatoms. The van der Waals surface area contributed by atoms with E-state index in [-0.39, 0.29) is 5.76 Å². The van der Waals surface area contributed by atoms with Crippen molar-refractivity contribution >= 4 is 39.4 Å². The van der Waals surface area contributed by atoms with Crippen molar-refractivity contribution in [3.63, 3.8) is 0 Å². The Bertz CT molecular complexity index is 231. The SMILES string of the molecule is O=C(Cl)c1occc1I. The van der Waals surface area contributed by atoms with Crippen LogP contribution in [0.2, 0.25) is 0 Å². The normalized spacial score (nSPS) is 9.56. The standard InChI is InChI=1S/C5H2ClIO2/c6-5(8)4-3(7)1-2-9-4/h1-2H. The zero-order chi connectivity index (χ0) is 6.85. The molecule has 0 aromatic carbocycles. The van der Waals surface area contributed by atoms with Crippen LogP contribution in [0.3, 0.4) is 0 Å². The Labute approximate surface area is 70.3 Å². The van der Waals surface area contributed by atoms with Crippen LogP contribution in [0, 0.1) is 3.57 Å². The second-order valence-corrected chi connectivity index (χ2v) is 2.88. The second kappa shape index (κ2) is 2.70. The van der Waals surface area contributed by atoms with Gasteiger partial charge in [-0.2, -0.15) is 0 Å². The van der Waals surface area contributed by atoms with Gasteiger partial charge < -0.3 is 4.42 Å². The molecule has 0 aliphatic heterocycles. The first-order valence-corrected chi connectivity index (χ1v) is 3.60. The molecule has 1 rings (SSSR count). The summed E-state index contributed by atoms with van der Waals surface area (Å²) in [5.41, 5.74) is 0. The maximum atomic E-state index is 10.4. The molecule has 0 amide bonds. The molecule has 1 heterocycles. The van der Waals surface area contributed by atoms with E-state index in [1.54, 1.807) is 6.07 Å². The highest BCUT2D eigenvalue weighted by atomic mass is 127. The van der Waals surface area contributed by atoms with Crippen LogP contribution in [0.5, 0.6) is 0 Å². The van der Waals surface area contributed by atoms with Gasteiger partial charge in [-0.05, 0) is 40.3 Å². The average Bonchev–Trinajstić information content (AvgIpc) is 2.13. The average molecular weight is 256 g/mol. The largest absolute Gasteiger partial charge is 0.459 e. The summed E-state index contributed by atoms with van der Waals surface area (Å²) in [6.45, 7) is 0. The van der Waals surface area contributed by atoms with Crippen LogP contribution >= 0.6 is 34.2 Å². The van der Waals surface area contributed by atoms with E-state index in [1.165, 1.54) is 6.26 Å². The molecule has 0 bridgehead atoms. The van der Waals surface area contributed by atoms with Gasteiger partial charge in [-0.3, -0.25) is 4.79 Å². The maximum absolute atomic E-state index is 10.4. The van der Waals surface area contributed by atoms with Crippen LogP contribution in [0.1, 0.15) is 10.6 Å². The topological polar surface area (TPSA) is 30.2 Å². The molecule has 2 nitrogen and oxygen atoms in total. The summed E-state index contributed by atoms with van der Waals surface area (Å²) < 4.78 is 5.48. The summed E-state index contributed by atoms with van der Waals surface area (Å²) in [5, 5.41) is -0.551. The summed E-state index contributed by atoms with van der Waals surface area (Å²) in [6.07, 6.45) is 1.43. The van der Waals surface area contributed by atoms with Gasteiger partial charge in [0.2, 0.25) is 0 Å². The Hall–Kier alpha value is -0.0300. The lowest BCUT2D eigenvalue weighted by atomic mass is 10.5. The van der Waals surface area contributed by atoms with Crippen LogP contribution in [-0.2, 0) is 0 Å². The van der Waals surface area contributed by atoms with Crippen molar-refractivity contribution in [2.75, 3.05) is 0 Å². The van der Waals surface area contributed by atoms with Crippen molar-refractivity contribution in [1.82, 2.24) is 0 Å². The molecule has 1 aromatic rings. The molecule has 0 unspecified atom stereocenters. The van der Waals surface area contributed by atoms with E-state index in [0.29, 0.717) is 0 Å². The fourth-order valence-corrected chi connectivity index (χ4v) is 1.26. The van der Waals surface area contributed by atoms with Gasteiger partial charge in [-0.15, -0.1) is 0 Å². The number of carbonyl (C=O) groups is 1. The molecular weight excluding hydrogens is 254 g/mol. The van der Waals surface area contributed by atoms with Crippen molar-refractivity contribution in [3.05, 3.63) is 21.7 Å². The third-order valence-electron chi connectivity index (χ3n) is 0.796. The van der Waals surface area contributed by atoms with Gasteiger partial charge in [0.15, 0.2) is 5.76 Å². The lowest BCUT2D eigenvalue weighted by Gasteiger charge is -1.82. The Morgan fingerprint density at radius 3 is 2.67 bits per heavy atom.